The molecule has 0 spiro atoms. The van der Waals surface area contributed by atoms with Gasteiger partial charge in [0.1, 0.15) is 6.04 Å². The average molecular weight is 256 g/mol. The van der Waals surface area contributed by atoms with Crippen LogP contribution < -0.4 is 5.32 Å². The first kappa shape index (κ1) is 15.0. The van der Waals surface area contributed by atoms with Crippen LogP contribution in [0.2, 0.25) is 0 Å². The van der Waals surface area contributed by atoms with E-state index in [4.69, 9.17) is 5.11 Å². The smallest absolute Gasteiger partial charge is 0.322 e. The van der Waals surface area contributed by atoms with Crippen LogP contribution in [-0.4, -0.2) is 47.6 Å². The highest BCUT2D eigenvalue weighted by atomic mass is 16.4. The molecule has 1 aliphatic rings. The molecule has 0 saturated carbocycles. The summed E-state index contributed by atoms with van der Waals surface area (Å²) in [7, 11) is 0. The van der Waals surface area contributed by atoms with Crippen LogP contribution in [0.15, 0.2) is 0 Å². The van der Waals surface area contributed by atoms with Crippen LogP contribution in [0.5, 0.6) is 0 Å². The topological polar surface area (TPSA) is 69.6 Å². The Balaban J connectivity index is 2.24. The molecule has 0 aromatic rings. The lowest BCUT2D eigenvalue weighted by atomic mass is 10.1. The van der Waals surface area contributed by atoms with Crippen LogP contribution in [0.4, 0.5) is 0 Å². The van der Waals surface area contributed by atoms with Crippen LogP contribution in [-0.2, 0) is 9.59 Å². The Bertz CT molecular complexity index is 281. The van der Waals surface area contributed by atoms with E-state index in [1.54, 1.807) is 4.90 Å². The molecule has 0 aromatic carbocycles. The molecule has 1 aliphatic heterocycles. The fourth-order valence-electron chi connectivity index (χ4n) is 2.26. The molecule has 0 radical (unpaired) electrons. The largest absolute Gasteiger partial charge is 0.480 e. The molecule has 1 fully saturated rings. The lowest BCUT2D eigenvalue weighted by molar-refractivity contribution is -0.146. The maximum Gasteiger partial charge on any atom is 0.322 e. The summed E-state index contributed by atoms with van der Waals surface area (Å²) in [6.45, 7) is 3.33. The van der Waals surface area contributed by atoms with Gasteiger partial charge in [0.15, 0.2) is 0 Å². The van der Waals surface area contributed by atoms with Crippen molar-refractivity contribution in [3.8, 4) is 0 Å². The lowest BCUT2D eigenvalue weighted by Gasteiger charge is -2.32. The molecule has 1 heterocycles. The van der Waals surface area contributed by atoms with Crippen molar-refractivity contribution in [2.24, 2.45) is 0 Å². The minimum Gasteiger partial charge on any atom is -0.480 e. The maximum atomic E-state index is 11.3. The van der Waals surface area contributed by atoms with Gasteiger partial charge in [0.25, 0.3) is 0 Å². The minimum atomic E-state index is -0.846. The highest BCUT2D eigenvalue weighted by Gasteiger charge is 2.31. The molecule has 1 atom stereocenters. The normalized spacial score (nSPS) is 20.7. The molecule has 5 nitrogen and oxygen atoms in total. The molecular weight excluding hydrogens is 232 g/mol. The number of carboxylic acid groups (broad SMARTS) is 1. The van der Waals surface area contributed by atoms with Gasteiger partial charge in [-0.25, -0.2) is 0 Å². The molecule has 0 aromatic heterocycles. The van der Waals surface area contributed by atoms with Crippen molar-refractivity contribution in [1.82, 2.24) is 10.2 Å². The number of hydrogen-bond acceptors (Lipinski definition) is 3. The summed E-state index contributed by atoms with van der Waals surface area (Å²) in [5, 5.41) is 11.7. The minimum absolute atomic E-state index is 0.0708. The van der Waals surface area contributed by atoms with E-state index >= 15 is 0 Å². The third-order valence-electron chi connectivity index (χ3n) is 3.36. The summed E-state index contributed by atoms with van der Waals surface area (Å²) in [6.07, 6.45) is 7.04. The predicted octanol–water partition coefficient (Wildman–Crippen LogP) is 1.23. The Morgan fingerprint density at radius 1 is 1.33 bits per heavy atom. The van der Waals surface area contributed by atoms with Crippen molar-refractivity contribution in [3.05, 3.63) is 0 Å². The van der Waals surface area contributed by atoms with Gasteiger partial charge in [0.05, 0.1) is 6.54 Å². The average Bonchev–Trinajstić information content (AvgIpc) is 2.33. The molecule has 1 amide bonds. The monoisotopic (exact) mass is 256 g/mol. The van der Waals surface area contributed by atoms with E-state index < -0.39 is 12.0 Å². The van der Waals surface area contributed by atoms with Crippen molar-refractivity contribution in [1.29, 1.82) is 0 Å². The number of hydrogen-bond donors (Lipinski definition) is 2. The standard InChI is InChI=1S/C13H24N2O3/c1-2-3-4-5-6-7-8-15-10-12(16)14-9-11(15)13(17)18/h11H,2-10H2,1H3,(H,14,16)(H,17,18). The van der Waals surface area contributed by atoms with Crippen molar-refractivity contribution >= 4 is 11.9 Å². The first-order chi connectivity index (χ1) is 8.65. The third kappa shape index (κ3) is 5.04. The molecule has 0 aliphatic carbocycles. The number of unbranched alkanes of at least 4 members (excludes halogenated alkanes) is 5. The molecule has 1 unspecified atom stereocenters. The van der Waals surface area contributed by atoms with Crippen LogP contribution in [0, 0.1) is 0 Å². The Kier molecular flexibility index (Phi) is 6.72. The quantitative estimate of drug-likeness (QED) is 0.641. The number of nitrogens with one attached hydrogen (secondary N) is 1. The Morgan fingerprint density at radius 2 is 2.00 bits per heavy atom. The molecular formula is C13H24N2O3. The van der Waals surface area contributed by atoms with E-state index in [-0.39, 0.29) is 19.0 Å². The third-order valence-corrected chi connectivity index (χ3v) is 3.36. The summed E-state index contributed by atoms with van der Waals surface area (Å²) in [4.78, 5) is 24.1. The predicted molar refractivity (Wildman–Crippen MR) is 69.4 cm³/mol. The van der Waals surface area contributed by atoms with Crippen LogP contribution >= 0.6 is 0 Å². The molecule has 104 valence electrons. The number of aliphatic carboxylic acids is 1. The highest BCUT2D eigenvalue weighted by Crippen LogP contribution is 2.09. The van der Waals surface area contributed by atoms with Gasteiger partial charge in [-0.05, 0) is 13.0 Å². The van der Waals surface area contributed by atoms with E-state index in [1.807, 2.05) is 0 Å². The maximum absolute atomic E-state index is 11.3. The van der Waals surface area contributed by atoms with E-state index in [2.05, 4.69) is 12.2 Å². The summed E-state index contributed by atoms with van der Waals surface area (Å²) < 4.78 is 0. The zero-order valence-corrected chi connectivity index (χ0v) is 11.2. The van der Waals surface area contributed by atoms with Gasteiger partial charge in [-0.1, -0.05) is 39.0 Å². The number of carboxylic acids is 1. The van der Waals surface area contributed by atoms with Crippen LogP contribution in [0.25, 0.3) is 0 Å². The SMILES string of the molecule is CCCCCCCCN1CC(=O)NCC1C(=O)O. The number of amides is 1. The fraction of sp³-hybridized carbons (Fsp3) is 0.846. The van der Waals surface area contributed by atoms with Crippen molar-refractivity contribution in [2.45, 2.75) is 51.5 Å². The van der Waals surface area contributed by atoms with E-state index in [1.165, 1.54) is 25.7 Å². The Labute approximate surface area is 109 Å². The zero-order chi connectivity index (χ0) is 13.4. The van der Waals surface area contributed by atoms with Gasteiger partial charge in [-0.3, -0.25) is 14.5 Å². The van der Waals surface area contributed by atoms with Gasteiger partial charge in [0, 0.05) is 6.54 Å². The molecule has 18 heavy (non-hydrogen) atoms. The zero-order valence-electron chi connectivity index (χ0n) is 11.2. The second-order valence-corrected chi connectivity index (χ2v) is 4.90. The van der Waals surface area contributed by atoms with Crippen LogP contribution in [0.3, 0.4) is 0 Å². The van der Waals surface area contributed by atoms with E-state index in [9.17, 15) is 9.59 Å². The Hall–Kier alpha value is -1.10. The number of carbonyl (C=O) groups is 2. The highest BCUT2D eigenvalue weighted by molar-refractivity contribution is 5.83. The van der Waals surface area contributed by atoms with Crippen molar-refractivity contribution in [3.63, 3.8) is 0 Å². The van der Waals surface area contributed by atoms with Crippen molar-refractivity contribution < 1.29 is 14.7 Å². The van der Waals surface area contributed by atoms with E-state index in [0.29, 0.717) is 6.54 Å². The molecule has 1 rings (SSSR count). The van der Waals surface area contributed by atoms with Crippen LogP contribution in [0.1, 0.15) is 45.4 Å². The number of piperazine rings is 1. The summed E-state index contributed by atoms with van der Waals surface area (Å²) >= 11 is 0. The summed E-state index contributed by atoms with van der Waals surface area (Å²) in [5.41, 5.74) is 0. The van der Waals surface area contributed by atoms with Gasteiger partial charge >= 0.3 is 5.97 Å². The van der Waals surface area contributed by atoms with Gasteiger partial charge in [-0.2, -0.15) is 0 Å². The second-order valence-electron chi connectivity index (χ2n) is 4.90. The van der Waals surface area contributed by atoms with Gasteiger partial charge in [-0.15, -0.1) is 0 Å². The molecule has 5 heteroatoms. The first-order valence-corrected chi connectivity index (χ1v) is 6.88. The van der Waals surface area contributed by atoms with Crippen molar-refractivity contribution in [2.75, 3.05) is 19.6 Å². The summed E-state index contributed by atoms with van der Waals surface area (Å²) in [6, 6.07) is -0.557. The molecule has 2 N–H and O–H groups in total. The molecule has 0 bridgehead atoms. The lowest BCUT2D eigenvalue weighted by Crippen LogP contribution is -2.57. The van der Waals surface area contributed by atoms with Gasteiger partial charge in [0.2, 0.25) is 5.91 Å². The fourth-order valence-corrected chi connectivity index (χ4v) is 2.26. The number of nitrogens with zero attached hydrogens (tertiary/aromatic N) is 1. The number of rotatable bonds is 8. The van der Waals surface area contributed by atoms with E-state index in [0.717, 1.165) is 12.8 Å². The van der Waals surface area contributed by atoms with Gasteiger partial charge < -0.3 is 10.4 Å². The summed E-state index contributed by atoms with van der Waals surface area (Å²) in [5.74, 6) is -0.917. The first-order valence-electron chi connectivity index (χ1n) is 6.88. The Morgan fingerprint density at radius 3 is 2.67 bits per heavy atom. The number of carbonyl (C=O) groups excluding carboxylic acids is 1. The second kappa shape index (κ2) is 8.08. The molecule has 1 saturated heterocycles.